The molecule has 2 heterocycles. The zero-order chi connectivity index (χ0) is 16.4. The molecule has 1 aromatic carbocycles. The Labute approximate surface area is 145 Å². The standard InChI is InChI=1S/C16H19Cl2N3O2/c17-11-3-4-14(18)13(8-11)16(23)20-6-1-2-12(10-20)21-7-5-19-9-15(21)22/h3-4,8,12,19H,1-2,5-7,9-10H2. The summed E-state index contributed by atoms with van der Waals surface area (Å²) < 4.78 is 0. The second-order valence-corrected chi connectivity index (χ2v) is 6.78. The molecule has 2 aliphatic heterocycles. The summed E-state index contributed by atoms with van der Waals surface area (Å²) in [7, 11) is 0. The van der Waals surface area contributed by atoms with Crippen molar-refractivity contribution < 1.29 is 9.59 Å². The fraction of sp³-hybridized carbons (Fsp3) is 0.500. The number of piperidine rings is 1. The van der Waals surface area contributed by atoms with Crippen molar-refractivity contribution in [1.82, 2.24) is 15.1 Å². The molecule has 0 bridgehead atoms. The van der Waals surface area contributed by atoms with Crippen LogP contribution in [-0.4, -0.2) is 60.4 Å². The summed E-state index contributed by atoms with van der Waals surface area (Å²) in [5.41, 5.74) is 0.423. The Hall–Kier alpha value is -1.30. The first kappa shape index (κ1) is 16.6. The number of carbonyl (C=O) groups is 2. The van der Waals surface area contributed by atoms with Gasteiger partial charge in [0.25, 0.3) is 5.91 Å². The fourth-order valence-electron chi connectivity index (χ4n) is 3.23. The molecule has 3 rings (SSSR count). The molecule has 1 aromatic rings. The summed E-state index contributed by atoms with van der Waals surface area (Å²) in [6, 6.07) is 4.99. The average Bonchev–Trinajstić information content (AvgIpc) is 2.57. The van der Waals surface area contributed by atoms with Crippen molar-refractivity contribution in [3.63, 3.8) is 0 Å². The number of rotatable bonds is 2. The predicted molar refractivity (Wildman–Crippen MR) is 90.0 cm³/mol. The van der Waals surface area contributed by atoms with Crippen LogP contribution < -0.4 is 5.32 Å². The van der Waals surface area contributed by atoms with Crippen LogP contribution in [0.15, 0.2) is 18.2 Å². The summed E-state index contributed by atoms with van der Waals surface area (Å²) in [6.45, 7) is 3.11. The van der Waals surface area contributed by atoms with E-state index in [4.69, 9.17) is 23.2 Å². The lowest BCUT2D eigenvalue weighted by molar-refractivity contribution is -0.135. The molecular weight excluding hydrogens is 337 g/mol. The third-order valence-electron chi connectivity index (χ3n) is 4.41. The van der Waals surface area contributed by atoms with Crippen LogP contribution in [-0.2, 0) is 4.79 Å². The van der Waals surface area contributed by atoms with Crippen molar-refractivity contribution in [2.75, 3.05) is 32.7 Å². The number of nitrogens with zero attached hydrogens (tertiary/aromatic N) is 2. The van der Waals surface area contributed by atoms with Crippen LogP contribution in [0, 0.1) is 0 Å². The highest BCUT2D eigenvalue weighted by molar-refractivity contribution is 6.35. The number of hydrogen-bond donors (Lipinski definition) is 1. The van der Waals surface area contributed by atoms with Gasteiger partial charge in [0.15, 0.2) is 0 Å². The van der Waals surface area contributed by atoms with Crippen LogP contribution in [0.3, 0.4) is 0 Å². The van der Waals surface area contributed by atoms with Gasteiger partial charge in [0.05, 0.1) is 17.1 Å². The van der Waals surface area contributed by atoms with Crippen molar-refractivity contribution in [2.24, 2.45) is 0 Å². The zero-order valence-corrected chi connectivity index (χ0v) is 14.2. The average molecular weight is 356 g/mol. The van der Waals surface area contributed by atoms with Gasteiger partial charge in [-0.25, -0.2) is 0 Å². The number of nitrogens with one attached hydrogen (secondary N) is 1. The van der Waals surface area contributed by atoms with E-state index in [0.717, 1.165) is 19.4 Å². The van der Waals surface area contributed by atoms with Crippen molar-refractivity contribution in [3.05, 3.63) is 33.8 Å². The van der Waals surface area contributed by atoms with Gasteiger partial charge >= 0.3 is 0 Å². The largest absolute Gasteiger partial charge is 0.337 e. The van der Waals surface area contributed by atoms with Gasteiger partial charge in [0.1, 0.15) is 0 Å². The van der Waals surface area contributed by atoms with Crippen LogP contribution >= 0.6 is 23.2 Å². The predicted octanol–water partition coefficient (Wildman–Crippen LogP) is 2.03. The van der Waals surface area contributed by atoms with Crippen LogP contribution in [0.25, 0.3) is 0 Å². The van der Waals surface area contributed by atoms with Gasteiger partial charge in [0, 0.05) is 37.2 Å². The molecule has 23 heavy (non-hydrogen) atoms. The molecule has 1 unspecified atom stereocenters. The summed E-state index contributed by atoms with van der Waals surface area (Å²) in [5.74, 6) is -0.0129. The molecule has 0 radical (unpaired) electrons. The highest BCUT2D eigenvalue weighted by Crippen LogP contribution is 2.25. The molecule has 0 spiro atoms. The van der Waals surface area contributed by atoms with Gasteiger partial charge in [-0.15, -0.1) is 0 Å². The molecule has 0 aromatic heterocycles. The number of likely N-dealkylation sites (tertiary alicyclic amines) is 1. The first-order valence-electron chi connectivity index (χ1n) is 7.81. The third-order valence-corrected chi connectivity index (χ3v) is 4.97. The van der Waals surface area contributed by atoms with E-state index < -0.39 is 0 Å². The first-order valence-corrected chi connectivity index (χ1v) is 8.56. The highest BCUT2D eigenvalue weighted by atomic mass is 35.5. The number of amides is 2. The molecule has 0 saturated carbocycles. The normalized spacial score (nSPS) is 22.3. The molecule has 2 fully saturated rings. The van der Waals surface area contributed by atoms with E-state index in [9.17, 15) is 9.59 Å². The van der Waals surface area contributed by atoms with Gasteiger partial charge in [-0.05, 0) is 31.0 Å². The van der Waals surface area contributed by atoms with Crippen LogP contribution in [0.2, 0.25) is 10.0 Å². The maximum Gasteiger partial charge on any atom is 0.255 e. The molecule has 2 aliphatic rings. The molecule has 2 amide bonds. The Morgan fingerprint density at radius 1 is 1.26 bits per heavy atom. The minimum Gasteiger partial charge on any atom is -0.337 e. The Balaban J connectivity index is 1.74. The maximum absolute atomic E-state index is 12.7. The molecule has 7 heteroatoms. The van der Waals surface area contributed by atoms with Gasteiger partial charge in [0.2, 0.25) is 5.91 Å². The van der Waals surface area contributed by atoms with E-state index in [2.05, 4.69) is 5.32 Å². The quantitative estimate of drug-likeness (QED) is 0.882. The Bertz CT molecular complexity index is 623. The van der Waals surface area contributed by atoms with E-state index in [1.54, 1.807) is 23.1 Å². The molecule has 5 nitrogen and oxygen atoms in total. The molecule has 1 N–H and O–H groups in total. The topological polar surface area (TPSA) is 52.7 Å². The van der Waals surface area contributed by atoms with Crippen molar-refractivity contribution >= 4 is 35.0 Å². The van der Waals surface area contributed by atoms with Crippen LogP contribution in [0.5, 0.6) is 0 Å². The minimum atomic E-state index is -0.121. The number of benzene rings is 1. The molecule has 1 atom stereocenters. The van der Waals surface area contributed by atoms with E-state index in [-0.39, 0.29) is 17.9 Å². The zero-order valence-electron chi connectivity index (χ0n) is 12.7. The number of carbonyl (C=O) groups excluding carboxylic acids is 2. The fourth-order valence-corrected chi connectivity index (χ4v) is 3.60. The van der Waals surface area contributed by atoms with Gasteiger partial charge in [-0.1, -0.05) is 23.2 Å². The Morgan fingerprint density at radius 2 is 2.09 bits per heavy atom. The van der Waals surface area contributed by atoms with Crippen molar-refractivity contribution in [1.29, 1.82) is 0 Å². The lowest BCUT2D eigenvalue weighted by Gasteiger charge is -2.41. The second-order valence-electron chi connectivity index (χ2n) is 5.94. The smallest absolute Gasteiger partial charge is 0.255 e. The summed E-state index contributed by atoms with van der Waals surface area (Å²) in [5, 5.41) is 3.97. The summed E-state index contributed by atoms with van der Waals surface area (Å²) in [4.78, 5) is 28.5. The lowest BCUT2D eigenvalue weighted by atomic mass is 10.0. The Morgan fingerprint density at radius 3 is 2.87 bits per heavy atom. The second kappa shape index (κ2) is 7.07. The molecule has 124 valence electrons. The summed E-state index contributed by atoms with van der Waals surface area (Å²) in [6.07, 6.45) is 1.81. The van der Waals surface area contributed by atoms with E-state index in [1.165, 1.54) is 0 Å². The molecular formula is C16H19Cl2N3O2. The number of piperazine rings is 1. The molecule has 0 aliphatic carbocycles. The SMILES string of the molecule is O=C(c1cc(Cl)ccc1Cl)N1CCCC(N2CCNCC2=O)C1. The van der Waals surface area contributed by atoms with E-state index >= 15 is 0 Å². The first-order chi connectivity index (χ1) is 11.1. The Kier molecular flexibility index (Phi) is 5.09. The van der Waals surface area contributed by atoms with Crippen molar-refractivity contribution in [3.8, 4) is 0 Å². The van der Waals surface area contributed by atoms with Gasteiger partial charge in [-0.2, -0.15) is 0 Å². The lowest BCUT2D eigenvalue weighted by Crippen LogP contribution is -2.57. The van der Waals surface area contributed by atoms with E-state index in [1.807, 2.05) is 4.90 Å². The van der Waals surface area contributed by atoms with Gasteiger partial charge < -0.3 is 15.1 Å². The van der Waals surface area contributed by atoms with Gasteiger partial charge in [-0.3, -0.25) is 9.59 Å². The van der Waals surface area contributed by atoms with Crippen LogP contribution in [0.4, 0.5) is 0 Å². The van der Waals surface area contributed by atoms with E-state index in [0.29, 0.717) is 41.8 Å². The summed E-state index contributed by atoms with van der Waals surface area (Å²) >= 11 is 12.1. The van der Waals surface area contributed by atoms with Crippen LogP contribution in [0.1, 0.15) is 23.2 Å². The van der Waals surface area contributed by atoms with Crippen molar-refractivity contribution in [2.45, 2.75) is 18.9 Å². The molecule has 2 saturated heterocycles. The third kappa shape index (κ3) is 3.62. The maximum atomic E-state index is 12.7. The number of hydrogen-bond acceptors (Lipinski definition) is 3. The highest BCUT2D eigenvalue weighted by Gasteiger charge is 2.32. The minimum absolute atomic E-state index is 0.0836. The number of halogens is 2. The monoisotopic (exact) mass is 355 g/mol.